The Morgan fingerprint density at radius 1 is 1.39 bits per heavy atom. The molecule has 1 rings (SSSR count). The summed E-state index contributed by atoms with van der Waals surface area (Å²) in [4.78, 5) is 0. The van der Waals surface area contributed by atoms with E-state index in [1.54, 1.807) is 0 Å². The van der Waals surface area contributed by atoms with Crippen LogP contribution in [0.5, 0.6) is 0 Å². The SMILES string of the molecule is CCOCCCNC(=S)NC1CCCCC1(C)C. The first-order valence-corrected chi connectivity index (χ1v) is 7.59. The molecule has 0 aromatic heterocycles. The predicted octanol–water partition coefficient (Wildman–Crippen LogP) is 2.85. The number of hydrogen-bond donors (Lipinski definition) is 2. The molecule has 3 nitrogen and oxygen atoms in total. The van der Waals surface area contributed by atoms with Crippen LogP contribution >= 0.6 is 12.2 Å². The summed E-state index contributed by atoms with van der Waals surface area (Å²) >= 11 is 5.35. The van der Waals surface area contributed by atoms with Crippen molar-refractivity contribution < 1.29 is 4.74 Å². The van der Waals surface area contributed by atoms with E-state index in [4.69, 9.17) is 17.0 Å². The molecule has 2 N–H and O–H groups in total. The third kappa shape index (κ3) is 5.53. The van der Waals surface area contributed by atoms with E-state index in [-0.39, 0.29) is 0 Å². The quantitative estimate of drug-likeness (QED) is 0.575. The topological polar surface area (TPSA) is 33.3 Å². The van der Waals surface area contributed by atoms with Crippen LogP contribution in [0.15, 0.2) is 0 Å². The van der Waals surface area contributed by atoms with Crippen LogP contribution in [0.3, 0.4) is 0 Å². The van der Waals surface area contributed by atoms with Gasteiger partial charge in [0.2, 0.25) is 0 Å². The molecule has 0 spiro atoms. The molecule has 0 heterocycles. The molecule has 18 heavy (non-hydrogen) atoms. The van der Waals surface area contributed by atoms with E-state index in [1.807, 2.05) is 6.92 Å². The highest BCUT2D eigenvalue weighted by atomic mass is 32.1. The van der Waals surface area contributed by atoms with Gasteiger partial charge in [-0.1, -0.05) is 26.7 Å². The maximum atomic E-state index is 5.35. The van der Waals surface area contributed by atoms with E-state index in [0.717, 1.165) is 31.3 Å². The van der Waals surface area contributed by atoms with Gasteiger partial charge in [0.15, 0.2) is 5.11 Å². The summed E-state index contributed by atoms with van der Waals surface area (Å²) in [5.41, 5.74) is 0.356. The minimum atomic E-state index is 0.356. The molecule has 1 unspecified atom stereocenters. The van der Waals surface area contributed by atoms with Crippen LogP contribution in [0.4, 0.5) is 0 Å². The number of ether oxygens (including phenoxy) is 1. The van der Waals surface area contributed by atoms with Crippen LogP contribution in [-0.4, -0.2) is 30.9 Å². The monoisotopic (exact) mass is 272 g/mol. The molecule has 1 atom stereocenters. The Hall–Kier alpha value is -0.350. The molecule has 4 heteroatoms. The average molecular weight is 272 g/mol. The Morgan fingerprint density at radius 3 is 2.83 bits per heavy atom. The normalized spacial score (nSPS) is 22.5. The van der Waals surface area contributed by atoms with Gasteiger partial charge in [-0.25, -0.2) is 0 Å². The zero-order chi connectivity index (χ0) is 13.4. The van der Waals surface area contributed by atoms with Crippen LogP contribution in [-0.2, 0) is 4.74 Å². The average Bonchev–Trinajstić information content (AvgIpc) is 2.31. The molecule has 0 amide bonds. The molecule has 0 saturated heterocycles. The fourth-order valence-electron chi connectivity index (χ4n) is 2.49. The van der Waals surface area contributed by atoms with E-state index in [1.165, 1.54) is 25.7 Å². The lowest BCUT2D eigenvalue weighted by Crippen LogP contribution is -2.50. The molecule has 0 aliphatic heterocycles. The maximum absolute atomic E-state index is 5.35. The van der Waals surface area contributed by atoms with E-state index in [0.29, 0.717) is 11.5 Å². The molecule has 1 aliphatic carbocycles. The number of rotatable bonds is 6. The molecule has 0 bridgehead atoms. The summed E-state index contributed by atoms with van der Waals surface area (Å²) in [7, 11) is 0. The van der Waals surface area contributed by atoms with Crippen molar-refractivity contribution in [3.63, 3.8) is 0 Å². The fourth-order valence-corrected chi connectivity index (χ4v) is 2.74. The lowest BCUT2D eigenvalue weighted by molar-refractivity contribution is 0.145. The van der Waals surface area contributed by atoms with Gasteiger partial charge in [-0.15, -0.1) is 0 Å². The van der Waals surface area contributed by atoms with Crippen molar-refractivity contribution in [2.45, 2.75) is 58.9 Å². The van der Waals surface area contributed by atoms with Crippen molar-refractivity contribution in [2.75, 3.05) is 19.8 Å². The molecule has 0 aromatic rings. The van der Waals surface area contributed by atoms with Gasteiger partial charge in [-0.05, 0) is 43.8 Å². The third-order valence-electron chi connectivity index (χ3n) is 3.77. The molecular formula is C14H28N2OS. The minimum Gasteiger partial charge on any atom is -0.382 e. The maximum Gasteiger partial charge on any atom is 0.166 e. The van der Waals surface area contributed by atoms with Crippen molar-refractivity contribution in [2.24, 2.45) is 5.41 Å². The van der Waals surface area contributed by atoms with E-state index in [2.05, 4.69) is 24.5 Å². The second-order valence-electron chi connectivity index (χ2n) is 5.74. The second-order valence-corrected chi connectivity index (χ2v) is 6.15. The first-order chi connectivity index (χ1) is 8.56. The Balaban J connectivity index is 2.18. The zero-order valence-electron chi connectivity index (χ0n) is 12.1. The summed E-state index contributed by atoms with van der Waals surface area (Å²) in [6.07, 6.45) is 6.18. The largest absolute Gasteiger partial charge is 0.382 e. The lowest BCUT2D eigenvalue weighted by atomic mass is 9.73. The van der Waals surface area contributed by atoms with Crippen LogP contribution in [0.1, 0.15) is 52.9 Å². The first-order valence-electron chi connectivity index (χ1n) is 7.18. The van der Waals surface area contributed by atoms with Gasteiger partial charge >= 0.3 is 0 Å². The fraction of sp³-hybridized carbons (Fsp3) is 0.929. The summed E-state index contributed by atoms with van der Waals surface area (Å²) < 4.78 is 5.29. The van der Waals surface area contributed by atoms with E-state index >= 15 is 0 Å². The Morgan fingerprint density at radius 2 is 2.17 bits per heavy atom. The molecule has 0 radical (unpaired) electrons. The van der Waals surface area contributed by atoms with Gasteiger partial charge in [-0.2, -0.15) is 0 Å². The van der Waals surface area contributed by atoms with Gasteiger partial charge in [0.05, 0.1) is 0 Å². The standard InChI is InChI=1S/C14H28N2OS/c1-4-17-11-7-10-15-13(18)16-12-8-5-6-9-14(12,2)3/h12H,4-11H2,1-3H3,(H2,15,16,18). The molecule has 1 aliphatic rings. The highest BCUT2D eigenvalue weighted by Gasteiger charge is 2.32. The molecule has 1 fully saturated rings. The summed E-state index contributed by atoms with van der Waals surface area (Å²) in [6, 6.07) is 0.512. The van der Waals surface area contributed by atoms with E-state index < -0.39 is 0 Å². The molecule has 1 saturated carbocycles. The Kier molecular flexibility index (Phi) is 6.94. The summed E-state index contributed by atoms with van der Waals surface area (Å²) in [6.45, 7) is 9.17. The van der Waals surface area contributed by atoms with Crippen molar-refractivity contribution in [1.82, 2.24) is 10.6 Å². The Bertz CT molecular complexity index is 256. The highest BCUT2D eigenvalue weighted by Crippen LogP contribution is 2.35. The van der Waals surface area contributed by atoms with Gasteiger partial charge in [0.1, 0.15) is 0 Å². The van der Waals surface area contributed by atoms with Crippen molar-refractivity contribution in [3.05, 3.63) is 0 Å². The van der Waals surface area contributed by atoms with Gasteiger partial charge < -0.3 is 15.4 Å². The number of thiocarbonyl (C=S) groups is 1. The van der Waals surface area contributed by atoms with Crippen molar-refractivity contribution in [3.8, 4) is 0 Å². The van der Waals surface area contributed by atoms with Crippen molar-refractivity contribution >= 4 is 17.3 Å². The molecular weight excluding hydrogens is 244 g/mol. The zero-order valence-corrected chi connectivity index (χ0v) is 12.9. The Labute approximate surface area is 117 Å². The predicted molar refractivity (Wildman–Crippen MR) is 80.9 cm³/mol. The molecule has 0 aromatic carbocycles. The third-order valence-corrected chi connectivity index (χ3v) is 4.03. The summed E-state index contributed by atoms with van der Waals surface area (Å²) in [5, 5.41) is 7.54. The van der Waals surface area contributed by atoms with Gasteiger partial charge in [-0.3, -0.25) is 0 Å². The highest BCUT2D eigenvalue weighted by molar-refractivity contribution is 7.80. The van der Waals surface area contributed by atoms with E-state index in [9.17, 15) is 0 Å². The number of hydrogen-bond acceptors (Lipinski definition) is 2. The smallest absolute Gasteiger partial charge is 0.166 e. The van der Waals surface area contributed by atoms with Gasteiger partial charge in [0.25, 0.3) is 0 Å². The molecule has 106 valence electrons. The van der Waals surface area contributed by atoms with Crippen LogP contribution in [0.25, 0.3) is 0 Å². The first kappa shape index (κ1) is 15.7. The summed E-state index contributed by atoms with van der Waals surface area (Å²) in [5.74, 6) is 0. The van der Waals surface area contributed by atoms with Gasteiger partial charge in [0, 0.05) is 25.8 Å². The van der Waals surface area contributed by atoms with Crippen molar-refractivity contribution in [1.29, 1.82) is 0 Å². The van der Waals surface area contributed by atoms with Crippen LogP contribution < -0.4 is 10.6 Å². The number of nitrogens with one attached hydrogen (secondary N) is 2. The second kappa shape index (κ2) is 7.95. The minimum absolute atomic E-state index is 0.356. The van der Waals surface area contributed by atoms with Crippen LogP contribution in [0, 0.1) is 5.41 Å². The lowest BCUT2D eigenvalue weighted by Gasteiger charge is -2.39. The van der Waals surface area contributed by atoms with Crippen LogP contribution in [0.2, 0.25) is 0 Å².